The van der Waals surface area contributed by atoms with Gasteiger partial charge in [0.15, 0.2) is 5.82 Å². The molecule has 0 aliphatic heterocycles. The number of para-hydroxylation sites is 3. The van der Waals surface area contributed by atoms with Gasteiger partial charge in [-0.05, 0) is 119 Å². The molecule has 4 heteroatoms. The first-order valence-electron chi connectivity index (χ1n) is 23.4. The summed E-state index contributed by atoms with van der Waals surface area (Å²) in [5, 5.41) is 4.95. The lowest BCUT2D eigenvalue weighted by molar-refractivity contribution is 1.04. The molecule has 0 bridgehead atoms. The fourth-order valence-electron chi connectivity index (χ4n) is 10.4. The van der Waals surface area contributed by atoms with Crippen LogP contribution in [-0.4, -0.2) is 19.1 Å². The van der Waals surface area contributed by atoms with Crippen molar-refractivity contribution in [3.05, 3.63) is 254 Å². The number of rotatable bonds is 8. The third kappa shape index (κ3) is 6.85. The van der Waals surface area contributed by atoms with E-state index in [4.69, 9.17) is 9.97 Å². The molecule has 3 heterocycles. The monoisotopic (exact) mass is 868 g/mol. The summed E-state index contributed by atoms with van der Waals surface area (Å²) in [6.45, 7) is 0. The van der Waals surface area contributed by atoms with Crippen LogP contribution in [0.15, 0.2) is 243 Å². The SMILES string of the molecule is C1=C(c2ccccc2)CCC(c2cc(-c3ccccc3)nc(-c3cccc(-c4ccc5c(c4)c4ccccc4n5-c4ccc(-c5cccc6c5c5ccccc5n6-c5ccccc5)cc4)c3)n2)=C1. The minimum Gasteiger partial charge on any atom is -0.309 e. The lowest BCUT2D eigenvalue weighted by Crippen LogP contribution is -2.01. The minimum absolute atomic E-state index is 0.723. The molecule has 0 saturated carbocycles. The van der Waals surface area contributed by atoms with E-state index in [1.165, 1.54) is 71.4 Å². The molecule has 0 saturated heterocycles. The zero-order valence-corrected chi connectivity index (χ0v) is 37.3. The van der Waals surface area contributed by atoms with Crippen molar-refractivity contribution in [1.82, 2.24) is 19.1 Å². The van der Waals surface area contributed by atoms with Crippen LogP contribution < -0.4 is 0 Å². The Labute approximate surface area is 395 Å². The van der Waals surface area contributed by atoms with E-state index in [0.717, 1.165) is 63.7 Å². The predicted molar refractivity (Wildman–Crippen MR) is 284 cm³/mol. The van der Waals surface area contributed by atoms with Crippen molar-refractivity contribution in [3.63, 3.8) is 0 Å². The number of hydrogen-bond donors (Lipinski definition) is 0. The smallest absolute Gasteiger partial charge is 0.160 e. The first-order chi connectivity index (χ1) is 33.7. The second-order valence-electron chi connectivity index (χ2n) is 17.7. The number of nitrogens with zero attached hydrogens (tertiary/aromatic N) is 4. The highest BCUT2D eigenvalue weighted by Gasteiger charge is 2.19. The van der Waals surface area contributed by atoms with Crippen molar-refractivity contribution in [2.45, 2.75) is 12.8 Å². The maximum Gasteiger partial charge on any atom is 0.160 e. The second kappa shape index (κ2) is 16.5. The van der Waals surface area contributed by atoms with Gasteiger partial charge in [-0.25, -0.2) is 9.97 Å². The van der Waals surface area contributed by atoms with E-state index >= 15 is 0 Å². The van der Waals surface area contributed by atoms with Gasteiger partial charge in [0.05, 0.1) is 33.5 Å². The number of hydrogen-bond acceptors (Lipinski definition) is 2. The molecule has 0 spiro atoms. The molecule has 4 nitrogen and oxygen atoms in total. The number of fused-ring (bicyclic) bond motifs is 6. The Hall–Kier alpha value is -8.86. The standard InChI is InChI=1S/C64H44N4/c1-4-16-43(17-5-1)44-30-32-47(33-31-44)58-42-57(46-18-6-2-7-19-46)65-64(66-58)50-21-14-20-48(40-50)49-36-39-61-56(41-49)54-24-10-12-27-59(54)67(61)52-37-34-45(35-38-52)53-26-15-29-62-63(53)55-25-11-13-28-60(55)68(62)51-22-8-3-9-23-51/h1-30,32,34-42H,31,33H2. The molecule has 1 aliphatic rings. The third-order valence-corrected chi connectivity index (χ3v) is 13.7. The van der Waals surface area contributed by atoms with Crippen LogP contribution in [0.25, 0.3) is 111 Å². The van der Waals surface area contributed by atoms with Crippen molar-refractivity contribution >= 4 is 54.8 Å². The summed E-state index contributed by atoms with van der Waals surface area (Å²) in [5.41, 5.74) is 19.5. The van der Waals surface area contributed by atoms with Gasteiger partial charge in [0.2, 0.25) is 0 Å². The molecule has 0 amide bonds. The first kappa shape index (κ1) is 39.5. The van der Waals surface area contributed by atoms with E-state index in [-0.39, 0.29) is 0 Å². The molecule has 0 N–H and O–H groups in total. The zero-order valence-electron chi connectivity index (χ0n) is 37.3. The van der Waals surface area contributed by atoms with Crippen LogP contribution >= 0.6 is 0 Å². The van der Waals surface area contributed by atoms with Crippen molar-refractivity contribution in [2.75, 3.05) is 0 Å². The van der Waals surface area contributed by atoms with Crippen LogP contribution in [0.5, 0.6) is 0 Å². The highest BCUT2D eigenvalue weighted by Crippen LogP contribution is 2.41. The van der Waals surface area contributed by atoms with Crippen molar-refractivity contribution in [1.29, 1.82) is 0 Å². The molecular formula is C64H44N4. The minimum atomic E-state index is 0.723. The summed E-state index contributed by atoms with van der Waals surface area (Å²) in [4.78, 5) is 10.5. The molecule has 9 aromatic carbocycles. The Kier molecular flexibility index (Phi) is 9.61. The van der Waals surface area contributed by atoms with Gasteiger partial charge < -0.3 is 9.13 Å². The molecule has 0 fully saturated rings. The number of benzene rings is 9. The Morgan fingerprint density at radius 2 is 0.838 bits per heavy atom. The summed E-state index contributed by atoms with van der Waals surface area (Å²) < 4.78 is 4.78. The van der Waals surface area contributed by atoms with Crippen LogP contribution in [0.1, 0.15) is 24.1 Å². The van der Waals surface area contributed by atoms with Gasteiger partial charge in [-0.2, -0.15) is 0 Å². The predicted octanol–water partition coefficient (Wildman–Crippen LogP) is 16.6. The van der Waals surface area contributed by atoms with E-state index < -0.39 is 0 Å². The van der Waals surface area contributed by atoms with Crippen molar-refractivity contribution in [2.24, 2.45) is 0 Å². The van der Waals surface area contributed by atoms with Gasteiger partial charge in [-0.15, -0.1) is 0 Å². The number of aromatic nitrogens is 4. The molecule has 1 aliphatic carbocycles. The Morgan fingerprint density at radius 1 is 0.309 bits per heavy atom. The van der Waals surface area contributed by atoms with E-state index in [9.17, 15) is 0 Å². The Bertz CT molecular complexity index is 3930. The zero-order chi connectivity index (χ0) is 45.0. The molecular weight excluding hydrogens is 825 g/mol. The van der Waals surface area contributed by atoms with Gasteiger partial charge in [0.1, 0.15) is 0 Å². The van der Waals surface area contributed by atoms with Crippen molar-refractivity contribution < 1.29 is 0 Å². The maximum atomic E-state index is 5.27. The average Bonchev–Trinajstić information content (AvgIpc) is 3.94. The summed E-state index contributed by atoms with van der Waals surface area (Å²) in [6.07, 6.45) is 6.39. The van der Waals surface area contributed by atoms with E-state index in [2.05, 4.69) is 252 Å². The Morgan fingerprint density at radius 3 is 1.60 bits per heavy atom. The first-order valence-corrected chi connectivity index (χ1v) is 23.4. The lowest BCUT2D eigenvalue weighted by Gasteiger charge is -2.16. The summed E-state index contributed by atoms with van der Waals surface area (Å²) in [7, 11) is 0. The van der Waals surface area contributed by atoms with Gasteiger partial charge in [0, 0.05) is 44.0 Å². The second-order valence-corrected chi connectivity index (χ2v) is 17.7. The van der Waals surface area contributed by atoms with E-state index in [1.807, 2.05) is 0 Å². The number of allylic oxidation sites excluding steroid dienone is 4. The van der Waals surface area contributed by atoms with Crippen LogP contribution in [0, 0.1) is 0 Å². The average molecular weight is 869 g/mol. The van der Waals surface area contributed by atoms with Crippen LogP contribution in [0.4, 0.5) is 0 Å². The fourth-order valence-corrected chi connectivity index (χ4v) is 10.4. The Balaban J connectivity index is 0.870. The molecule has 12 aromatic rings. The largest absolute Gasteiger partial charge is 0.309 e. The molecule has 0 atom stereocenters. The molecule has 13 rings (SSSR count). The highest BCUT2D eigenvalue weighted by atomic mass is 15.0. The molecule has 68 heavy (non-hydrogen) atoms. The lowest BCUT2D eigenvalue weighted by atomic mass is 9.91. The molecule has 0 unspecified atom stereocenters. The molecule has 320 valence electrons. The van der Waals surface area contributed by atoms with Crippen molar-refractivity contribution in [3.8, 4) is 56.3 Å². The normalized spacial score (nSPS) is 12.8. The fraction of sp³-hybridized carbons (Fsp3) is 0.0312. The van der Waals surface area contributed by atoms with E-state index in [0.29, 0.717) is 0 Å². The molecule has 3 aromatic heterocycles. The van der Waals surface area contributed by atoms with E-state index in [1.54, 1.807) is 0 Å². The summed E-state index contributed by atoms with van der Waals surface area (Å²) in [5.74, 6) is 0.723. The van der Waals surface area contributed by atoms with Crippen LogP contribution in [0.3, 0.4) is 0 Å². The third-order valence-electron chi connectivity index (χ3n) is 13.7. The quantitative estimate of drug-likeness (QED) is 0.153. The maximum absolute atomic E-state index is 5.27. The highest BCUT2D eigenvalue weighted by molar-refractivity contribution is 6.16. The summed E-state index contributed by atoms with van der Waals surface area (Å²) in [6, 6.07) is 82.8. The van der Waals surface area contributed by atoms with Gasteiger partial charge in [-0.1, -0.05) is 176 Å². The van der Waals surface area contributed by atoms with Crippen LogP contribution in [0.2, 0.25) is 0 Å². The van der Waals surface area contributed by atoms with Gasteiger partial charge in [-0.3, -0.25) is 0 Å². The summed E-state index contributed by atoms with van der Waals surface area (Å²) >= 11 is 0. The molecule has 0 radical (unpaired) electrons. The van der Waals surface area contributed by atoms with Crippen LogP contribution in [-0.2, 0) is 0 Å². The van der Waals surface area contributed by atoms with Gasteiger partial charge in [0.25, 0.3) is 0 Å². The topological polar surface area (TPSA) is 35.6 Å². The van der Waals surface area contributed by atoms with Gasteiger partial charge >= 0.3 is 0 Å².